The lowest BCUT2D eigenvalue weighted by atomic mass is 9.98. The first-order chi connectivity index (χ1) is 9.66. The Morgan fingerprint density at radius 2 is 1.71 bits per heavy atom. The van der Waals surface area contributed by atoms with Crippen LogP contribution >= 0.6 is 0 Å². The number of carboxylic acid groups (broad SMARTS) is 1. The molecular formula is C16H28N2O3. The molecule has 0 radical (unpaired) electrons. The zero-order valence-electron chi connectivity index (χ0n) is 13.6. The van der Waals surface area contributed by atoms with Crippen molar-refractivity contribution < 1.29 is 14.7 Å². The van der Waals surface area contributed by atoms with Crippen LogP contribution in [0.15, 0.2) is 25.3 Å². The third-order valence-corrected chi connectivity index (χ3v) is 3.36. The van der Waals surface area contributed by atoms with Crippen LogP contribution in [0.1, 0.15) is 34.1 Å². The maximum atomic E-state index is 12.5. The van der Waals surface area contributed by atoms with Crippen molar-refractivity contribution in [3.8, 4) is 0 Å². The summed E-state index contributed by atoms with van der Waals surface area (Å²) in [5.41, 5.74) is -0.840. The quantitative estimate of drug-likeness (QED) is 0.605. The number of nitrogens with one attached hydrogen (secondary N) is 1. The summed E-state index contributed by atoms with van der Waals surface area (Å²) in [4.78, 5) is 25.6. The molecule has 5 heteroatoms. The smallest absolute Gasteiger partial charge is 0.326 e. The van der Waals surface area contributed by atoms with E-state index in [4.69, 9.17) is 0 Å². The van der Waals surface area contributed by atoms with Crippen molar-refractivity contribution in [2.45, 2.75) is 45.7 Å². The zero-order valence-corrected chi connectivity index (χ0v) is 13.6. The van der Waals surface area contributed by atoms with E-state index in [9.17, 15) is 14.7 Å². The summed E-state index contributed by atoms with van der Waals surface area (Å²) in [6, 6.07) is -0.869. The topological polar surface area (TPSA) is 69.6 Å². The standard InChI is InChI=1S/C16H28N2O3/c1-7-9-18(10-8-2)16(5,6)15(21)17-13(14(19)20)11-12(3)4/h7-8,12-13H,1-2,9-11H2,3-6H3,(H,17,21)(H,19,20). The van der Waals surface area contributed by atoms with Crippen molar-refractivity contribution in [2.75, 3.05) is 13.1 Å². The first-order valence-corrected chi connectivity index (χ1v) is 7.17. The normalized spacial score (nSPS) is 13.0. The molecule has 5 nitrogen and oxygen atoms in total. The van der Waals surface area contributed by atoms with Gasteiger partial charge in [0.2, 0.25) is 5.91 Å². The predicted molar refractivity (Wildman–Crippen MR) is 85.1 cm³/mol. The molecule has 0 aliphatic rings. The van der Waals surface area contributed by atoms with E-state index in [0.717, 1.165) is 0 Å². The van der Waals surface area contributed by atoms with Gasteiger partial charge in [-0.2, -0.15) is 0 Å². The minimum atomic E-state index is -1.01. The van der Waals surface area contributed by atoms with Gasteiger partial charge >= 0.3 is 5.97 Å². The van der Waals surface area contributed by atoms with Crippen LogP contribution in [0.3, 0.4) is 0 Å². The lowest BCUT2D eigenvalue weighted by Gasteiger charge is -2.36. The van der Waals surface area contributed by atoms with Gasteiger partial charge in [0.15, 0.2) is 0 Å². The number of amides is 1. The van der Waals surface area contributed by atoms with Gasteiger partial charge in [-0.05, 0) is 26.2 Å². The van der Waals surface area contributed by atoms with E-state index < -0.39 is 17.6 Å². The number of hydrogen-bond acceptors (Lipinski definition) is 3. The molecule has 0 aromatic carbocycles. The van der Waals surface area contributed by atoms with Crippen LogP contribution in [0.5, 0.6) is 0 Å². The minimum absolute atomic E-state index is 0.187. The fourth-order valence-corrected chi connectivity index (χ4v) is 2.01. The SMILES string of the molecule is C=CCN(CC=C)C(C)(C)C(=O)NC(CC(C)C)C(=O)O. The van der Waals surface area contributed by atoms with E-state index in [1.807, 2.05) is 18.7 Å². The van der Waals surface area contributed by atoms with Gasteiger partial charge in [-0.3, -0.25) is 9.69 Å². The summed E-state index contributed by atoms with van der Waals surface area (Å²) in [6.07, 6.45) is 3.82. The zero-order chi connectivity index (χ0) is 16.6. The van der Waals surface area contributed by atoms with Crippen LogP contribution in [0, 0.1) is 5.92 Å². The Balaban J connectivity index is 5.03. The lowest BCUT2D eigenvalue weighted by Crippen LogP contribution is -2.58. The molecule has 0 spiro atoms. The molecule has 0 rings (SSSR count). The average Bonchev–Trinajstić information content (AvgIpc) is 2.36. The van der Waals surface area contributed by atoms with Crippen molar-refractivity contribution in [3.05, 3.63) is 25.3 Å². The first kappa shape index (κ1) is 19.4. The number of carbonyl (C=O) groups excluding carboxylic acids is 1. The molecule has 1 unspecified atom stereocenters. The second kappa shape index (κ2) is 8.62. The molecule has 0 fully saturated rings. The van der Waals surface area contributed by atoms with Crippen LogP contribution < -0.4 is 5.32 Å². The lowest BCUT2D eigenvalue weighted by molar-refractivity contribution is -0.144. The molecule has 0 aromatic heterocycles. The van der Waals surface area contributed by atoms with Gasteiger partial charge in [0.25, 0.3) is 0 Å². The highest BCUT2D eigenvalue weighted by Crippen LogP contribution is 2.16. The van der Waals surface area contributed by atoms with Gasteiger partial charge in [0.05, 0.1) is 5.54 Å². The molecule has 0 saturated carbocycles. The number of aliphatic carboxylic acids is 1. The van der Waals surface area contributed by atoms with Crippen LogP contribution in [-0.4, -0.2) is 46.6 Å². The van der Waals surface area contributed by atoms with Gasteiger partial charge in [-0.1, -0.05) is 26.0 Å². The summed E-state index contributed by atoms with van der Waals surface area (Å²) in [6.45, 7) is 15.8. The summed E-state index contributed by atoms with van der Waals surface area (Å²) in [5.74, 6) is -1.13. The number of rotatable bonds is 10. The minimum Gasteiger partial charge on any atom is -0.480 e. The highest BCUT2D eigenvalue weighted by atomic mass is 16.4. The summed E-state index contributed by atoms with van der Waals surface area (Å²) in [5, 5.41) is 11.9. The van der Waals surface area contributed by atoms with Gasteiger partial charge in [0.1, 0.15) is 6.04 Å². The van der Waals surface area contributed by atoms with Crippen LogP contribution in [-0.2, 0) is 9.59 Å². The van der Waals surface area contributed by atoms with E-state index in [1.165, 1.54) is 0 Å². The van der Waals surface area contributed by atoms with E-state index in [1.54, 1.807) is 26.0 Å². The van der Waals surface area contributed by atoms with Crippen molar-refractivity contribution in [2.24, 2.45) is 5.92 Å². The summed E-state index contributed by atoms with van der Waals surface area (Å²) >= 11 is 0. The van der Waals surface area contributed by atoms with Crippen LogP contribution in [0.25, 0.3) is 0 Å². The number of carboxylic acids is 1. The molecule has 0 aliphatic heterocycles. The summed E-state index contributed by atoms with van der Waals surface area (Å²) < 4.78 is 0. The summed E-state index contributed by atoms with van der Waals surface area (Å²) in [7, 11) is 0. The molecule has 0 aliphatic carbocycles. The Morgan fingerprint density at radius 3 is 2.05 bits per heavy atom. The Bertz CT molecular complexity index is 379. The monoisotopic (exact) mass is 296 g/mol. The third kappa shape index (κ3) is 6.12. The second-order valence-corrected chi connectivity index (χ2v) is 6.04. The molecule has 21 heavy (non-hydrogen) atoms. The van der Waals surface area contributed by atoms with Crippen molar-refractivity contribution in [1.82, 2.24) is 10.2 Å². The highest BCUT2D eigenvalue weighted by molar-refractivity contribution is 5.89. The van der Waals surface area contributed by atoms with Crippen molar-refractivity contribution in [1.29, 1.82) is 0 Å². The Labute approximate surface area is 127 Å². The van der Waals surface area contributed by atoms with Crippen LogP contribution in [0.4, 0.5) is 0 Å². The van der Waals surface area contributed by atoms with Crippen molar-refractivity contribution >= 4 is 11.9 Å². The Morgan fingerprint density at radius 1 is 1.24 bits per heavy atom. The molecular weight excluding hydrogens is 268 g/mol. The number of nitrogens with zero attached hydrogens (tertiary/aromatic N) is 1. The molecule has 120 valence electrons. The van der Waals surface area contributed by atoms with Crippen LogP contribution in [0.2, 0.25) is 0 Å². The first-order valence-electron chi connectivity index (χ1n) is 7.17. The molecule has 1 atom stereocenters. The molecule has 0 heterocycles. The van der Waals surface area contributed by atoms with E-state index in [-0.39, 0.29) is 11.8 Å². The van der Waals surface area contributed by atoms with Gasteiger partial charge < -0.3 is 10.4 Å². The Kier molecular flexibility index (Phi) is 7.95. The molecule has 1 amide bonds. The predicted octanol–water partition coefficient (Wildman–Crippen LogP) is 2.05. The third-order valence-electron chi connectivity index (χ3n) is 3.36. The maximum absolute atomic E-state index is 12.5. The van der Waals surface area contributed by atoms with Gasteiger partial charge in [-0.15, -0.1) is 13.2 Å². The molecule has 0 bridgehead atoms. The van der Waals surface area contributed by atoms with E-state index in [0.29, 0.717) is 19.5 Å². The second-order valence-electron chi connectivity index (χ2n) is 6.04. The number of carbonyl (C=O) groups is 2. The fourth-order valence-electron chi connectivity index (χ4n) is 2.01. The largest absolute Gasteiger partial charge is 0.480 e. The van der Waals surface area contributed by atoms with Crippen molar-refractivity contribution in [3.63, 3.8) is 0 Å². The molecule has 0 aromatic rings. The maximum Gasteiger partial charge on any atom is 0.326 e. The Hall–Kier alpha value is -1.62. The van der Waals surface area contributed by atoms with Gasteiger partial charge in [-0.25, -0.2) is 4.79 Å². The van der Waals surface area contributed by atoms with E-state index in [2.05, 4.69) is 18.5 Å². The fraction of sp³-hybridized carbons (Fsp3) is 0.625. The molecule has 0 saturated heterocycles. The highest BCUT2D eigenvalue weighted by Gasteiger charge is 2.35. The van der Waals surface area contributed by atoms with Gasteiger partial charge in [0, 0.05) is 13.1 Å². The molecule has 2 N–H and O–H groups in total. The number of hydrogen-bond donors (Lipinski definition) is 2. The van der Waals surface area contributed by atoms with E-state index >= 15 is 0 Å². The average molecular weight is 296 g/mol.